The van der Waals surface area contributed by atoms with Crippen LogP contribution < -0.4 is 5.32 Å². The van der Waals surface area contributed by atoms with Crippen molar-refractivity contribution in [1.29, 1.82) is 0 Å². The van der Waals surface area contributed by atoms with Gasteiger partial charge in [0.1, 0.15) is 12.2 Å². The molecule has 0 spiro atoms. The maximum atomic E-state index is 13.0. The summed E-state index contributed by atoms with van der Waals surface area (Å²) in [6.07, 6.45) is -11.2. The topological polar surface area (TPSA) is 85.7 Å². The molecule has 1 aliphatic rings. The zero-order chi connectivity index (χ0) is 26.9. The number of anilines is 1. The number of amides is 2. The summed E-state index contributed by atoms with van der Waals surface area (Å²) in [7, 11) is 0. The van der Waals surface area contributed by atoms with E-state index in [4.69, 9.17) is 9.47 Å². The van der Waals surface area contributed by atoms with E-state index in [2.05, 4.69) is 10.4 Å². The maximum absolute atomic E-state index is 13.0. The average Bonchev–Trinajstić information content (AvgIpc) is 2.97. The predicted octanol–water partition coefficient (Wildman–Crippen LogP) is 5.81. The summed E-state index contributed by atoms with van der Waals surface area (Å²) in [5.74, 6) is 0.193. The third-order valence-electron chi connectivity index (χ3n) is 4.91. The van der Waals surface area contributed by atoms with Crippen molar-refractivity contribution in [3.05, 3.63) is 46.6 Å². The number of alkyl halides is 6. The lowest BCUT2D eigenvalue weighted by Crippen LogP contribution is -2.31. The number of halogens is 6. The molecule has 0 radical (unpaired) electrons. The average molecular weight is 522 g/mol. The van der Waals surface area contributed by atoms with E-state index in [1.165, 1.54) is 11.0 Å². The van der Waals surface area contributed by atoms with Crippen LogP contribution >= 0.6 is 0 Å². The SMILES string of the molecule is CC(C)(C)OC(=O)Nc1cc2n(n1)CCCN(C(=O)OCc1cc(C(F)(F)F)cc(C(F)(F)F)c1)C2. The Morgan fingerprint density at radius 1 is 0.972 bits per heavy atom. The highest BCUT2D eigenvalue weighted by Crippen LogP contribution is 2.36. The minimum absolute atomic E-state index is 0.00176. The van der Waals surface area contributed by atoms with Gasteiger partial charge in [0.25, 0.3) is 0 Å². The number of nitrogens with one attached hydrogen (secondary N) is 1. The molecule has 14 heteroatoms. The van der Waals surface area contributed by atoms with Gasteiger partial charge in [0.05, 0.1) is 23.4 Å². The second-order valence-corrected chi connectivity index (χ2v) is 9.11. The molecule has 0 saturated heterocycles. The Labute approximate surface area is 202 Å². The molecule has 2 heterocycles. The number of aryl methyl sites for hydroxylation is 1. The van der Waals surface area contributed by atoms with Gasteiger partial charge in [-0.1, -0.05) is 0 Å². The molecule has 0 bridgehead atoms. The molecule has 0 saturated carbocycles. The zero-order valence-corrected chi connectivity index (χ0v) is 19.6. The Bertz CT molecular complexity index is 1090. The number of rotatable bonds is 3. The Kier molecular flexibility index (Phi) is 7.46. The van der Waals surface area contributed by atoms with Crippen LogP contribution in [0.25, 0.3) is 0 Å². The van der Waals surface area contributed by atoms with E-state index in [0.29, 0.717) is 30.8 Å². The van der Waals surface area contributed by atoms with Gasteiger partial charge >= 0.3 is 24.5 Å². The van der Waals surface area contributed by atoms with E-state index in [1.54, 1.807) is 25.5 Å². The van der Waals surface area contributed by atoms with Gasteiger partial charge in [-0.25, -0.2) is 9.59 Å². The summed E-state index contributed by atoms with van der Waals surface area (Å²) in [5, 5.41) is 6.74. The number of ether oxygens (including phenoxy) is 2. The lowest BCUT2D eigenvalue weighted by atomic mass is 10.1. The van der Waals surface area contributed by atoms with Crippen LogP contribution in [-0.4, -0.2) is 39.0 Å². The van der Waals surface area contributed by atoms with Gasteiger partial charge in [0, 0.05) is 19.2 Å². The first kappa shape index (κ1) is 27.1. The number of nitrogens with zero attached hydrogens (tertiary/aromatic N) is 3. The Morgan fingerprint density at radius 3 is 2.14 bits per heavy atom. The standard InChI is InChI=1S/C22H24F6N4O4/c1-20(2,3)36-18(33)29-17-10-16-11-31(5-4-6-32(16)30-17)19(34)35-12-13-7-14(21(23,24)25)9-15(8-13)22(26,27)28/h7-10H,4-6,11-12H2,1-3H3,(H,29,30,33). The summed E-state index contributed by atoms with van der Waals surface area (Å²) in [4.78, 5) is 25.8. The smallest absolute Gasteiger partial charge is 0.416 e. The van der Waals surface area contributed by atoms with E-state index in [-0.39, 0.29) is 25.0 Å². The van der Waals surface area contributed by atoms with Crippen LogP contribution in [0.3, 0.4) is 0 Å². The van der Waals surface area contributed by atoms with Crippen LogP contribution in [0.1, 0.15) is 49.6 Å². The highest BCUT2D eigenvalue weighted by atomic mass is 19.4. The number of benzene rings is 1. The maximum Gasteiger partial charge on any atom is 0.416 e. The fourth-order valence-corrected chi connectivity index (χ4v) is 3.43. The normalized spacial score (nSPS) is 14.6. The number of hydrogen-bond donors (Lipinski definition) is 1. The summed E-state index contributed by atoms with van der Waals surface area (Å²) in [6.45, 7) is 4.92. The molecule has 36 heavy (non-hydrogen) atoms. The minimum Gasteiger partial charge on any atom is -0.445 e. The first-order valence-electron chi connectivity index (χ1n) is 10.8. The molecule has 2 amide bonds. The largest absolute Gasteiger partial charge is 0.445 e. The van der Waals surface area contributed by atoms with E-state index in [9.17, 15) is 35.9 Å². The van der Waals surface area contributed by atoms with Gasteiger partial charge < -0.3 is 14.4 Å². The number of carbonyl (C=O) groups excluding carboxylic acids is 2. The molecule has 0 atom stereocenters. The summed E-state index contributed by atoms with van der Waals surface area (Å²) < 4.78 is 90.1. The third-order valence-corrected chi connectivity index (χ3v) is 4.91. The molecule has 1 N–H and O–H groups in total. The van der Waals surface area contributed by atoms with Crippen molar-refractivity contribution in [2.24, 2.45) is 0 Å². The van der Waals surface area contributed by atoms with Crippen LogP contribution in [0.2, 0.25) is 0 Å². The van der Waals surface area contributed by atoms with Crippen LogP contribution in [0, 0.1) is 0 Å². The fourth-order valence-electron chi connectivity index (χ4n) is 3.43. The van der Waals surface area contributed by atoms with Crippen molar-refractivity contribution in [2.75, 3.05) is 11.9 Å². The number of fused-ring (bicyclic) bond motifs is 1. The monoisotopic (exact) mass is 522 g/mol. The van der Waals surface area contributed by atoms with E-state index in [1.807, 2.05) is 0 Å². The molecule has 2 aromatic rings. The van der Waals surface area contributed by atoms with Gasteiger partial charge in [0.2, 0.25) is 0 Å². The van der Waals surface area contributed by atoms with Gasteiger partial charge in [-0.05, 0) is 51.0 Å². The number of hydrogen-bond acceptors (Lipinski definition) is 5. The zero-order valence-electron chi connectivity index (χ0n) is 19.6. The molecule has 1 aromatic heterocycles. The van der Waals surface area contributed by atoms with Crippen molar-refractivity contribution in [1.82, 2.24) is 14.7 Å². The quantitative estimate of drug-likeness (QED) is 0.515. The van der Waals surface area contributed by atoms with E-state index < -0.39 is 53.4 Å². The first-order chi connectivity index (χ1) is 16.5. The molecule has 8 nitrogen and oxygen atoms in total. The Hall–Kier alpha value is -3.45. The molecule has 3 rings (SSSR count). The molecular formula is C22H24F6N4O4. The van der Waals surface area contributed by atoms with Crippen molar-refractivity contribution in [2.45, 2.75) is 64.8 Å². The molecule has 1 aliphatic heterocycles. The highest BCUT2D eigenvalue weighted by Gasteiger charge is 2.37. The summed E-state index contributed by atoms with van der Waals surface area (Å²) >= 11 is 0. The molecule has 1 aromatic carbocycles. The van der Waals surface area contributed by atoms with E-state index >= 15 is 0 Å². The van der Waals surface area contributed by atoms with Crippen LogP contribution in [0.4, 0.5) is 41.7 Å². The predicted molar refractivity (Wildman–Crippen MR) is 114 cm³/mol. The summed E-state index contributed by atoms with van der Waals surface area (Å²) in [6, 6.07) is 2.55. The number of carbonyl (C=O) groups is 2. The molecule has 0 aliphatic carbocycles. The summed E-state index contributed by atoms with van der Waals surface area (Å²) in [5.41, 5.74) is -3.62. The Morgan fingerprint density at radius 2 is 1.58 bits per heavy atom. The van der Waals surface area contributed by atoms with Crippen molar-refractivity contribution in [3.63, 3.8) is 0 Å². The molecule has 198 valence electrons. The highest BCUT2D eigenvalue weighted by molar-refractivity contribution is 5.83. The first-order valence-corrected chi connectivity index (χ1v) is 10.8. The third kappa shape index (κ3) is 7.28. The molecular weight excluding hydrogens is 498 g/mol. The van der Waals surface area contributed by atoms with Crippen LogP contribution in [0.15, 0.2) is 24.3 Å². The molecule has 0 unspecified atom stereocenters. The van der Waals surface area contributed by atoms with Crippen molar-refractivity contribution >= 4 is 18.0 Å². The molecule has 0 fully saturated rings. The van der Waals surface area contributed by atoms with Gasteiger partial charge in [-0.2, -0.15) is 31.4 Å². The van der Waals surface area contributed by atoms with Gasteiger partial charge in [-0.3, -0.25) is 10.00 Å². The van der Waals surface area contributed by atoms with Crippen molar-refractivity contribution in [3.8, 4) is 0 Å². The van der Waals surface area contributed by atoms with Gasteiger partial charge in [-0.15, -0.1) is 0 Å². The number of aromatic nitrogens is 2. The Balaban J connectivity index is 1.68. The fraction of sp³-hybridized carbons (Fsp3) is 0.500. The minimum atomic E-state index is -5.01. The van der Waals surface area contributed by atoms with Crippen LogP contribution in [0.5, 0.6) is 0 Å². The second kappa shape index (κ2) is 9.90. The van der Waals surface area contributed by atoms with E-state index in [0.717, 1.165) is 0 Å². The van der Waals surface area contributed by atoms with Crippen LogP contribution in [-0.2, 0) is 41.5 Å². The second-order valence-electron chi connectivity index (χ2n) is 9.11. The van der Waals surface area contributed by atoms with Crippen molar-refractivity contribution < 1.29 is 45.4 Å². The van der Waals surface area contributed by atoms with Gasteiger partial charge in [0.15, 0.2) is 5.82 Å². The lowest BCUT2D eigenvalue weighted by Gasteiger charge is -2.20. The lowest BCUT2D eigenvalue weighted by molar-refractivity contribution is -0.143.